The molecule has 1 aromatic carbocycles. The predicted molar refractivity (Wildman–Crippen MR) is 96.4 cm³/mol. The molecule has 1 heterocycles. The molecule has 124 valence electrons. The van der Waals surface area contributed by atoms with E-state index in [9.17, 15) is 0 Å². The van der Waals surface area contributed by atoms with Crippen molar-refractivity contribution in [2.75, 3.05) is 6.61 Å². The Morgan fingerprint density at radius 3 is 2.14 bits per heavy atom. The van der Waals surface area contributed by atoms with Crippen molar-refractivity contribution in [2.45, 2.75) is 38.7 Å². The molecule has 2 unspecified atom stereocenters. The van der Waals surface area contributed by atoms with E-state index in [1.165, 1.54) is 0 Å². The first-order chi connectivity index (χ1) is 10.5. The first-order valence-electron chi connectivity index (χ1n) is 7.81. The maximum absolute atomic E-state index is 6.24. The molecular formula is C13H26O5Si4. The Bertz CT molecular complexity index is 435. The van der Waals surface area contributed by atoms with Crippen molar-refractivity contribution in [2.24, 2.45) is 0 Å². The molecule has 1 fully saturated rings. The summed E-state index contributed by atoms with van der Waals surface area (Å²) in [7, 11) is -7.01. The Labute approximate surface area is 139 Å². The van der Waals surface area contributed by atoms with E-state index in [2.05, 4.69) is 26.2 Å². The van der Waals surface area contributed by atoms with Gasteiger partial charge in [-0.1, -0.05) is 18.2 Å². The van der Waals surface area contributed by atoms with E-state index in [0.717, 1.165) is 18.2 Å². The molecule has 0 radical (unpaired) electrons. The fourth-order valence-corrected chi connectivity index (χ4v) is 17.2. The van der Waals surface area contributed by atoms with Gasteiger partial charge in [0.25, 0.3) is 27.9 Å². The van der Waals surface area contributed by atoms with Gasteiger partial charge in [0.05, 0.1) is 6.61 Å². The second kappa shape index (κ2) is 8.54. The quantitative estimate of drug-likeness (QED) is 0.584. The third-order valence-corrected chi connectivity index (χ3v) is 17.4. The van der Waals surface area contributed by atoms with Crippen molar-refractivity contribution in [3.63, 3.8) is 0 Å². The second-order valence-corrected chi connectivity index (χ2v) is 15.8. The van der Waals surface area contributed by atoms with Crippen LogP contribution in [0.2, 0.25) is 32.2 Å². The highest BCUT2D eigenvalue weighted by Gasteiger charge is 2.38. The van der Waals surface area contributed by atoms with Gasteiger partial charge in [-0.15, -0.1) is 0 Å². The van der Waals surface area contributed by atoms with Crippen LogP contribution in [-0.4, -0.2) is 43.0 Å². The molecule has 0 aromatic heterocycles. The SMILES string of the molecule is C[SiH]1O[SiH](C)O[Si](C)(CCCOc2ccccc2)O[SiH](C)O1. The molecule has 0 N–H and O–H groups in total. The standard InChI is InChI=1S/C13H26O5Si4/c1-19-15-20(2)17-22(4,18-21(3)16-19)12-8-11-14-13-9-6-5-7-10-13/h5-7,9-10,19-21H,8,11-12H2,1-4H3. The molecule has 2 atom stereocenters. The van der Waals surface area contributed by atoms with Gasteiger partial charge in [-0.3, -0.25) is 0 Å². The smallest absolute Gasteiger partial charge is 0.317 e. The Morgan fingerprint density at radius 2 is 1.55 bits per heavy atom. The van der Waals surface area contributed by atoms with Crippen LogP contribution in [0, 0.1) is 0 Å². The molecule has 0 spiro atoms. The van der Waals surface area contributed by atoms with Crippen LogP contribution in [-0.2, 0) is 16.5 Å². The van der Waals surface area contributed by atoms with Gasteiger partial charge in [-0.05, 0) is 50.8 Å². The van der Waals surface area contributed by atoms with Crippen LogP contribution >= 0.6 is 0 Å². The molecule has 0 amide bonds. The summed E-state index contributed by atoms with van der Waals surface area (Å²) in [6.07, 6.45) is 0.923. The topological polar surface area (TPSA) is 46.2 Å². The van der Waals surface area contributed by atoms with Gasteiger partial charge in [0.1, 0.15) is 5.75 Å². The van der Waals surface area contributed by atoms with Crippen LogP contribution in [0.4, 0.5) is 0 Å². The van der Waals surface area contributed by atoms with E-state index in [1.807, 2.05) is 30.3 Å². The molecule has 0 aliphatic carbocycles. The van der Waals surface area contributed by atoms with Gasteiger partial charge in [-0.2, -0.15) is 0 Å². The molecule has 1 aromatic rings. The minimum atomic E-state index is -2.20. The minimum Gasteiger partial charge on any atom is -0.494 e. The van der Waals surface area contributed by atoms with Crippen LogP contribution in [0.15, 0.2) is 30.3 Å². The van der Waals surface area contributed by atoms with Crippen molar-refractivity contribution >= 4 is 36.4 Å². The zero-order valence-electron chi connectivity index (χ0n) is 13.8. The second-order valence-electron chi connectivity index (χ2n) is 5.61. The molecule has 5 nitrogen and oxygen atoms in total. The number of rotatable bonds is 5. The molecule has 1 aliphatic rings. The number of para-hydroxylation sites is 1. The molecule has 0 bridgehead atoms. The molecule has 0 saturated carbocycles. The van der Waals surface area contributed by atoms with Gasteiger partial charge < -0.3 is 21.2 Å². The van der Waals surface area contributed by atoms with Crippen molar-refractivity contribution in [3.05, 3.63) is 30.3 Å². The summed E-state index contributed by atoms with van der Waals surface area (Å²) in [6, 6.07) is 10.8. The summed E-state index contributed by atoms with van der Waals surface area (Å²) >= 11 is 0. The Kier molecular flexibility index (Phi) is 7.02. The Hall–Kier alpha value is -0.272. The molecule has 9 heteroatoms. The summed E-state index contributed by atoms with van der Waals surface area (Å²) in [4.78, 5) is 0. The zero-order chi connectivity index (χ0) is 16.0. The number of hydrogen-bond donors (Lipinski definition) is 0. The Balaban J connectivity index is 1.81. The lowest BCUT2D eigenvalue weighted by Gasteiger charge is -2.37. The normalized spacial score (nSPS) is 33.0. The fourth-order valence-electron chi connectivity index (χ4n) is 2.58. The Morgan fingerprint density at radius 1 is 0.955 bits per heavy atom. The molecule has 2 rings (SSSR count). The summed E-state index contributed by atoms with van der Waals surface area (Å²) in [5.74, 6) is 0.908. The van der Waals surface area contributed by atoms with E-state index in [-0.39, 0.29) is 0 Å². The maximum Gasteiger partial charge on any atom is 0.317 e. The van der Waals surface area contributed by atoms with E-state index < -0.39 is 36.4 Å². The van der Waals surface area contributed by atoms with E-state index >= 15 is 0 Å². The summed E-state index contributed by atoms with van der Waals surface area (Å²) in [5, 5.41) is 0. The predicted octanol–water partition coefficient (Wildman–Crippen LogP) is 2.16. The molecule has 22 heavy (non-hydrogen) atoms. The van der Waals surface area contributed by atoms with Crippen LogP contribution < -0.4 is 4.74 Å². The van der Waals surface area contributed by atoms with E-state index in [0.29, 0.717) is 6.61 Å². The highest BCUT2D eigenvalue weighted by atomic mass is 28.5. The van der Waals surface area contributed by atoms with E-state index in [1.54, 1.807) is 0 Å². The summed E-state index contributed by atoms with van der Waals surface area (Å²) in [5.41, 5.74) is 0. The van der Waals surface area contributed by atoms with Crippen molar-refractivity contribution < 1.29 is 21.2 Å². The first kappa shape index (κ1) is 18.1. The fraction of sp³-hybridized carbons (Fsp3) is 0.538. The third-order valence-electron chi connectivity index (χ3n) is 3.38. The van der Waals surface area contributed by atoms with Gasteiger partial charge >= 0.3 is 8.56 Å². The molecule has 1 saturated heterocycles. The van der Waals surface area contributed by atoms with Crippen molar-refractivity contribution in [1.82, 2.24) is 0 Å². The van der Waals surface area contributed by atoms with Gasteiger partial charge in [0, 0.05) is 0 Å². The lowest BCUT2D eigenvalue weighted by Crippen LogP contribution is -2.53. The monoisotopic (exact) mass is 374 g/mol. The van der Waals surface area contributed by atoms with Crippen LogP contribution in [0.3, 0.4) is 0 Å². The van der Waals surface area contributed by atoms with Crippen molar-refractivity contribution in [1.29, 1.82) is 0 Å². The zero-order valence-corrected chi connectivity index (χ0v) is 18.2. The average Bonchev–Trinajstić information content (AvgIpc) is 2.42. The van der Waals surface area contributed by atoms with Crippen LogP contribution in [0.25, 0.3) is 0 Å². The van der Waals surface area contributed by atoms with Crippen LogP contribution in [0.5, 0.6) is 5.75 Å². The molecule has 1 aliphatic heterocycles. The lowest BCUT2D eigenvalue weighted by molar-refractivity contribution is 0.266. The third kappa shape index (κ3) is 6.08. The molecular weight excluding hydrogens is 348 g/mol. The van der Waals surface area contributed by atoms with Crippen molar-refractivity contribution in [3.8, 4) is 5.75 Å². The first-order valence-corrected chi connectivity index (χ1v) is 16.6. The largest absolute Gasteiger partial charge is 0.494 e. The number of hydrogen-bond acceptors (Lipinski definition) is 5. The highest BCUT2D eigenvalue weighted by Crippen LogP contribution is 2.22. The maximum atomic E-state index is 6.24. The number of benzene rings is 1. The lowest BCUT2D eigenvalue weighted by atomic mass is 10.3. The minimum absolute atomic E-state index is 0.679. The highest BCUT2D eigenvalue weighted by molar-refractivity contribution is 6.81. The van der Waals surface area contributed by atoms with Gasteiger partial charge in [-0.25, -0.2) is 0 Å². The summed E-state index contributed by atoms with van der Waals surface area (Å²) in [6.45, 7) is 9.00. The number of ether oxygens (including phenoxy) is 1. The summed E-state index contributed by atoms with van der Waals surface area (Å²) < 4.78 is 30.1. The van der Waals surface area contributed by atoms with Crippen LogP contribution in [0.1, 0.15) is 6.42 Å². The van der Waals surface area contributed by atoms with Gasteiger partial charge in [0.15, 0.2) is 0 Å². The average molecular weight is 375 g/mol. The van der Waals surface area contributed by atoms with Gasteiger partial charge in [0.2, 0.25) is 0 Å². The van der Waals surface area contributed by atoms with E-state index in [4.69, 9.17) is 21.2 Å².